The van der Waals surface area contributed by atoms with Gasteiger partial charge < -0.3 is 11.1 Å². The number of nitrogens with two attached hydrogens (primary N) is 1. The van der Waals surface area contributed by atoms with Gasteiger partial charge in [-0.2, -0.15) is 5.10 Å². The van der Waals surface area contributed by atoms with Crippen LogP contribution in [0, 0.1) is 0 Å². The molecule has 0 fully saturated rings. The minimum absolute atomic E-state index is 0.383. The Hall–Kier alpha value is -1.95. The van der Waals surface area contributed by atoms with E-state index >= 15 is 0 Å². The second-order valence-electron chi connectivity index (χ2n) is 2.71. The molecule has 2 heterocycles. The highest BCUT2D eigenvalue weighted by Crippen LogP contribution is 2.10. The quantitative estimate of drug-likeness (QED) is 0.651. The summed E-state index contributed by atoms with van der Waals surface area (Å²) < 4.78 is 0. The summed E-state index contributed by atoms with van der Waals surface area (Å²) in [5.74, 6) is 0.661. The van der Waals surface area contributed by atoms with Crippen LogP contribution in [-0.4, -0.2) is 20.2 Å². The van der Waals surface area contributed by atoms with E-state index in [4.69, 9.17) is 5.73 Å². The smallest absolute Gasteiger partial charge is 0.149 e. The molecule has 2 aromatic heterocycles. The Labute approximate surface area is 80.6 Å². The van der Waals surface area contributed by atoms with E-state index in [1.807, 2.05) is 0 Å². The normalized spacial score (nSPS) is 10.1. The van der Waals surface area contributed by atoms with Crippen molar-refractivity contribution in [3.8, 4) is 0 Å². The molecule has 0 saturated heterocycles. The second kappa shape index (κ2) is 3.84. The summed E-state index contributed by atoms with van der Waals surface area (Å²) in [5, 5.41) is 9.53. The van der Waals surface area contributed by atoms with Gasteiger partial charge >= 0.3 is 0 Å². The predicted molar refractivity (Wildman–Crippen MR) is 51.8 cm³/mol. The first kappa shape index (κ1) is 8.64. The van der Waals surface area contributed by atoms with E-state index in [-0.39, 0.29) is 0 Å². The number of anilines is 2. The summed E-state index contributed by atoms with van der Waals surface area (Å²) in [4.78, 5) is 8.23. The molecule has 2 rings (SSSR count). The van der Waals surface area contributed by atoms with Crippen LogP contribution in [0.5, 0.6) is 0 Å². The molecule has 0 aliphatic carbocycles. The lowest BCUT2D eigenvalue weighted by Gasteiger charge is -2.02. The van der Waals surface area contributed by atoms with E-state index in [1.165, 1.54) is 0 Å². The topological polar surface area (TPSA) is 92.5 Å². The monoisotopic (exact) mass is 190 g/mol. The average molecular weight is 190 g/mol. The molecular weight excluding hydrogens is 180 g/mol. The number of nitrogens with one attached hydrogen (secondary N) is 2. The molecule has 2 aromatic rings. The fourth-order valence-corrected chi connectivity index (χ4v) is 1.03. The minimum atomic E-state index is 0.383. The van der Waals surface area contributed by atoms with Crippen molar-refractivity contribution in [3.63, 3.8) is 0 Å². The van der Waals surface area contributed by atoms with Gasteiger partial charge in [-0.15, -0.1) is 0 Å². The van der Waals surface area contributed by atoms with Crippen LogP contribution in [0.2, 0.25) is 0 Å². The summed E-state index contributed by atoms with van der Waals surface area (Å²) in [5.41, 5.74) is 7.03. The van der Waals surface area contributed by atoms with Gasteiger partial charge in [0.05, 0.1) is 23.8 Å². The molecule has 0 saturated carbocycles. The maximum atomic E-state index is 5.44. The SMILES string of the molecule is NCc1cncc(Nc2cn[nH]c2)n1. The number of nitrogens with zero attached hydrogens (tertiary/aromatic N) is 3. The fourth-order valence-electron chi connectivity index (χ4n) is 1.03. The van der Waals surface area contributed by atoms with Crippen LogP contribution in [0.25, 0.3) is 0 Å². The Balaban J connectivity index is 2.17. The number of H-pyrrole nitrogens is 1. The largest absolute Gasteiger partial charge is 0.336 e. The van der Waals surface area contributed by atoms with Crippen molar-refractivity contribution in [1.82, 2.24) is 20.2 Å². The first-order chi connectivity index (χ1) is 6.88. The van der Waals surface area contributed by atoms with Gasteiger partial charge in [-0.1, -0.05) is 0 Å². The Morgan fingerprint density at radius 1 is 1.36 bits per heavy atom. The first-order valence-electron chi connectivity index (χ1n) is 4.15. The van der Waals surface area contributed by atoms with Gasteiger partial charge in [0.25, 0.3) is 0 Å². The van der Waals surface area contributed by atoms with Crippen molar-refractivity contribution < 1.29 is 0 Å². The summed E-state index contributed by atoms with van der Waals surface area (Å²) in [6.45, 7) is 0.383. The zero-order chi connectivity index (χ0) is 9.80. The molecule has 0 aliphatic rings. The standard InChI is InChI=1S/C8H10N6/c9-1-6-2-10-5-8(13-6)14-7-3-11-12-4-7/h2-5H,1,9H2,(H,11,12)(H,13,14). The highest BCUT2D eigenvalue weighted by Gasteiger charge is 1.98. The Kier molecular flexibility index (Phi) is 2.37. The zero-order valence-electron chi connectivity index (χ0n) is 7.44. The molecule has 6 nitrogen and oxygen atoms in total. The van der Waals surface area contributed by atoms with Crippen molar-refractivity contribution in [3.05, 3.63) is 30.5 Å². The molecule has 0 unspecified atom stereocenters. The predicted octanol–water partition coefficient (Wildman–Crippen LogP) is 0.402. The molecule has 0 atom stereocenters. The number of rotatable bonds is 3. The Morgan fingerprint density at radius 2 is 2.29 bits per heavy atom. The maximum absolute atomic E-state index is 5.44. The lowest BCUT2D eigenvalue weighted by Crippen LogP contribution is -2.02. The Bertz CT molecular complexity index is 396. The van der Waals surface area contributed by atoms with Crippen LogP contribution < -0.4 is 11.1 Å². The van der Waals surface area contributed by atoms with Crippen LogP contribution >= 0.6 is 0 Å². The van der Waals surface area contributed by atoms with Crippen LogP contribution in [-0.2, 0) is 6.54 Å². The lowest BCUT2D eigenvalue weighted by molar-refractivity contribution is 0.967. The van der Waals surface area contributed by atoms with Gasteiger partial charge in [0.15, 0.2) is 0 Å². The van der Waals surface area contributed by atoms with Gasteiger partial charge in [-0.3, -0.25) is 10.1 Å². The molecule has 14 heavy (non-hydrogen) atoms. The summed E-state index contributed by atoms with van der Waals surface area (Å²) in [7, 11) is 0. The van der Waals surface area contributed by atoms with Gasteiger partial charge in [0.1, 0.15) is 5.82 Å². The molecule has 0 aliphatic heterocycles. The van der Waals surface area contributed by atoms with Crippen molar-refractivity contribution in [2.75, 3.05) is 5.32 Å². The van der Waals surface area contributed by atoms with E-state index in [9.17, 15) is 0 Å². The zero-order valence-corrected chi connectivity index (χ0v) is 7.44. The third-order valence-electron chi connectivity index (χ3n) is 1.66. The fraction of sp³-hybridized carbons (Fsp3) is 0.125. The minimum Gasteiger partial charge on any atom is -0.336 e. The second-order valence-corrected chi connectivity index (χ2v) is 2.71. The summed E-state index contributed by atoms with van der Waals surface area (Å²) in [6, 6.07) is 0. The highest BCUT2D eigenvalue weighted by molar-refractivity contribution is 5.52. The number of hydrogen-bond acceptors (Lipinski definition) is 5. The molecule has 0 radical (unpaired) electrons. The number of aromatic nitrogens is 4. The van der Waals surface area contributed by atoms with E-state index in [0.717, 1.165) is 11.4 Å². The van der Waals surface area contributed by atoms with Crippen molar-refractivity contribution >= 4 is 11.5 Å². The van der Waals surface area contributed by atoms with E-state index in [0.29, 0.717) is 12.4 Å². The van der Waals surface area contributed by atoms with Crippen LogP contribution in [0.4, 0.5) is 11.5 Å². The number of hydrogen-bond donors (Lipinski definition) is 3. The van der Waals surface area contributed by atoms with Gasteiger partial charge in [0, 0.05) is 18.9 Å². The van der Waals surface area contributed by atoms with Crippen molar-refractivity contribution in [2.24, 2.45) is 5.73 Å². The van der Waals surface area contributed by atoms with Crippen LogP contribution in [0.1, 0.15) is 5.69 Å². The summed E-state index contributed by atoms with van der Waals surface area (Å²) >= 11 is 0. The van der Waals surface area contributed by atoms with Crippen LogP contribution in [0.3, 0.4) is 0 Å². The first-order valence-corrected chi connectivity index (χ1v) is 4.15. The van der Waals surface area contributed by atoms with E-state index in [1.54, 1.807) is 24.8 Å². The third kappa shape index (κ3) is 1.86. The maximum Gasteiger partial charge on any atom is 0.149 e. The van der Waals surface area contributed by atoms with Gasteiger partial charge in [0.2, 0.25) is 0 Å². The number of aromatic amines is 1. The Morgan fingerprint density at radius 3 is 3.00 bits per heavy atom. The highest BCUT2D eigenvalue weighted by atomic mass is 15.1. The summed E-state index contributed by atoms with van der Waals surface area (Å²) in [6.07, 6.45) is 6.67. The average Bonchev–Trinajstić information content (AvgIpc) is 2.71. The van der Waals surface area contributed by atoms with Gasteiger partial charge in [-0.05, 0) is 0 Å². The molecule has 4 N–H and O–H groups in total. The molecule has 0 spiro atoms. The third-order valence-corrected chi connectivity index (χ3v) is 1.66. The molecule has 0 amide bonds. The molecule has 6 heteroatoms. The molecule has 0 aromatic carbocycles. The molecule has 0 bridgehead atoms. The lowest BCUT2D eigenvalue weighted by atomic mass is 10.4. The van der Waals surface area contributed by atoms with E-state index < -0.39 is 0 Å². The van der Waals surface area contributed by atoms with E-state index in [2.05, 4.69) is 25.5 Å². The van der Waals surface area contributed by atoms with Gasteiger partial charge in [-0.25, -0.2) is 4.98 Å². The molecular formula is C8H10N6. The van der Waals surface area contributed by atoms with Crippen molar-refractivity contribution in [1.29, 1.82) is 0 Å². The van der Waals surface area contributed by atoms with Crippen molar-refractivity contribution in [2.45, 2.75) is 6.54 Å². The molecule has 72 valence electrons. The van der Waals surface area contributed by atoms with Crippen LogP contribution in [0.15, 0.2) is 24.8 Å².